The number of nitrogens with two attached hydrogens (primary N) is 2. The minimum absolute atomic E-state index is 0.693. The molecule has 0 saturated heterocycles. The fraction of sp³-hybridized carbons (Fsp3) is 0.400. The minimum atomic E-state index is 0.693. The summed E-state index contributed by atoms with van der Waals surface area (Å²) in [5.41, 5.74) is 14.1. The maximum Gasteiger partial charge on any atom is 0.0550 e. The van der Waals surface area contributed by atoms with Gasteiger partial charge in [0.2, 0.25) is 0 Å². The molecule has 0 heterocycles. The normalized spacial score (nSPS) is 17.3. The lowest BCUT2D eigenvalue weighted by molar-refractivity contribution is 0.420. The van der Waals surface area contributed by atoms with E-state index < -0.39 is 0 Å². The summed E-state index contributed by atoms with van der Waals surface area (Å²) in [5, 5.41) is 0. The lowest BCUT2D eigenvalue weighted by atomic mass is 9.80. The molecule has 0 amide bonds. The number of hydrogen-bond donors (Lipinski definition) is 2. The summed E-state index contributed by atoms with van der Waals surface area (Å²) >= 11 is 0. The first-order chi connectivity index (χ1) is 5.77. The highest BCUT2D eigenvalue weighted by Gasteiger charge is 2.19. The van der Waals surface area contributed by atoms with Crippen molar-refractivity contribution in [3.05, 3.63) is 23.8 Å². The summed E-state index contributed by atoms with van der Waals surface area (Å²) in [4.78, 5) is 0. The maximum atomic E-state index is 5.71. The third-order valence-electron chi connectivity index (χ3n) is 2.69. The third kappa shape index (κ3) is 1.13. The van der Waals surface area contributed by atoms with E-state index in [1.54, 1.807) is 0 Å². The monoisotopic (exact) mass is 162 g/mol. The van der Waals surface area contributed by atoms with Crippen molar-refractivity contribution in [1.29, 1.82) is 0 Å². The van der Waals surface area contributed by atoms with E-state index in [1.165, 1.54) is 24.8 Å². The van der Waals surface area contributed by atoms with Crippen LogP contribution in [0.2, 0.25) is 0 Å². The number of hydrogen-bond acceptors (Lipinski definition) is 2. The Bertz CT molecular complexity index is 290. The standard InChI is InChI=1S/C10H14N2/c11-9-5-4-8(6-10(9)12)7-2-1-3-7/h4-7H,1-3,11-12H2. The van der Waals surface area contributed by atoms with Gasteiger partial charge in [-0.25, -0.2) is 0 Å². The van der Waals surface area contributed by atoms with Gasteiger partial charge in [0.1, 0.15) is 0 Å². The van der Waals surface area contributed by atoms with E-state index in [-0.39, 0.29) is 0 Å². The highest BCUT2D eigenvalue weighted by Crippen LogP contribution is 2.37. The highest BCUT2D eigenvalue weighted by molar-refractivity contribution is 5.64. The van der Waals surface area contributed by atoms with Crippen molar-refractivity contribution >= 4 is 11.4 Å². The topological polar surface area (TPSA) is 52.0 Å². The fourth-order valence-electron chi connectivity index (χ4n) is 1.59. The Morgan fingerprint density at radius 1 is 1.08 bits per heavy atom. The van der Waals surface area contributed by atoms with Crippen LogP contribution in [0.25, 0.3) is 0 Å². The summed E-state index contributed by atoms with van der Waals surface area (Å²) in [6, 6.07) is 6.01. The van der Waals surface area contributed by atoms with Crippen LogP contribution in [0.15, 0.2) is 18.2 Å². The van der Waals surface area contributed by atoms with Gasteiger partial charge >= 0.3 is 0 Å². The average molecular weight is 162 g/mol. The van der Waals surface area contributed by atoms with Gasteiger partial charge in [-0.15, -0.1) is 0 Å². The first-order valence-electron chi connectivity index (χ1n) is 4.42. The second-order valence-electron chi connectivity index (χ2n) is 3.52. The Morgan fingerprint density at radius 3 is 2.33 bits per heavy atom. The molecule has 1 aliphatic carbocycles. The van der Waals surface area contributed by atoms with Crippen molar-refractivity contribution in [2.24, 2.45) is 0 Å². The second-order valence-corrected chi connectivity index (χ2v) is 3.52. The van der Waals surface area contributed by atoms with Gasteiger partial charge in [-0.05, 0) is 36.5 Å². The van der Waals surface area contributed by atoms with Crippen LogP contribution < -0.4 is 11.5 Å². The van der Waals surface area contributed by atoms with Gasteiger partial charge in [-0.2, -0.15) is 0 Å². The van der Waals surface area contributed by atoms with E-state index >= 15 is 0 Å². The van der Waals surface area contributed by atoms with Crippen molar-refractivity contribution in [3.8, 4) is 0 Å². The van der Waals surface area contributed by atoms with Crippen LogP contribution >= 0.6 is 0 Å². The third-order valence-corrected chi connectivity index (χ3v) is 2.69. The van der Waals surface area contributed by atoms with Gasteiger partial charge in [0.25, 0.3) is 0 Å². The summed E-state index contributed by atoms with van der Waals surface area (Å²) in [6.45, 7) is 0. The Morgan fingerprint density at radius 2 is 1.83 bits per heavy atom. The molecular weight excluding hydrogens is 148 g/mol. The minimum Gasteiger partial charge on any atom is -0.397 e. The predicted molar refractivity (Wildman–Crippen MR) is 51.9 cm³/mol. The van der Waals surface area contributed by atoms with Gasteiger partial charge in [0.15, 0.2) is 0 Å². The van der Waals surface area contributed by atoms with E-state index in [9.17, 15) is 0 Å². The van der Waals surface area contributed by atoms with Crippen molar-refractivity contribution in [3.63, 3.8) is 0 Å². The summed E-state index contributed by atoms with van der Waals surface area (Å²) in [7, 11) is 0. The molecule has 0 unspecified atom stereocenters. The van der Waals surface area contributed by atoms with Crippen LogP contribution in [0.3, 0.4) is 0 Å². The molecule has 0 aliphatic heterocycles. The van der Waals surface area contributed by atoms with Gasteiger partial charge in [0, 0.05) is 0 Å². The highest BCUT2D eigenvalue weighted by atomic mass is 14.7. The number of rotatable bonds is 1. The van der Waals surface area contributed by atoms with Crippen molar-refractivity contribution in [1.82, 2.24) is 0 Å². The zero-order valence-electron chi connectivity index (χ0n) is 7.09. The van der Waals surface area contributed by atoms with Crippen LogP contribution in [-0.4, -0.2) is 0 Å². The van der Waals surface area contributed by atoms with Gasteiger partial charge in [-0.3, -0.25) is 0 Å². The van der Waals surface area contributed by atoms with Crippen LogP contribution in [0.5, 0.6) is 0 Å². The van der Waals surface area contributed by atoms with E-state index in [1.807, 2.05) is 12.1 Å². The number of anilines is 2. The molecule has 1 aromatic rings. The van der Waals surface area contributed by atoms with Crippen LogP contribution in [0, 0.1) is 0 Å². The van der Waals surface area contributed by atoms with E-state index in [0.29, 0.717) is 5.69 Å². The Labute approximate surface area is 72.6 Å². The van der Waals surface area contributed by atoms with Crippen LogP contribution in [-0.2, 0) is 0 Å². The quantitative estimate of drug-likeness (QED) is 0.621. The molecule has 0 radical (unpaired) electrons. The van der Waals surface area contributed by atoms with E-state index in [0.717, 1.165) is 11.6 Å². The van der Waals surface area contributed by atoms with Crippen molar-refractivity contribution in [2.45, 2.75) is 25.2 Å². The molecule has 4 N–H and O–H groups in total. The molecule has 2 nitrogen and oxygen atoms in total. The van der Waals surface area contributed by atoms with Gasteiger partial charge in [-0.1, -0.05) is 12.5 Å². The molecule has 1 aliphatic rings. The molecule has 0 atom stereocenters. The first-order valence-corrected chi connectivity index (χ1v) is 4.42. The van der Waals surface area contributed by atoms with Crippen molar-refractivity contribution < 1.29 is 0 Å². The lowest BCUT2D eigenvalue weighted by Crippen LogP contribution is -2.09. The van der Waals surface area contributed by atoms with Gasteiger partial charge < -0.3 is 11.5 Å². The predicted octanol–water partition coefficient (Wildman–Crippen LogP) is 2.12. The Balaban J connectivity index is 2.27. The van der Waals surface area contributed by atoms with E-state index in [2.05, 4.69) is 6.07 Å². The smallest absolute Gasteiger partial charge is 0.0550 e. The maximum absolute atomic E-state index is 5.71. The second kappa shape index (κ2) is 2.70. The van der Waals surface area contributed by atoms with E-state index in [4.69, 9.17) is 11.5 Å². The molecule has 0 aromatic heterocycles. The van der Waals surface area contributed by atoms with Crippen LogP contribution in [0.4, 0.5) is 11.4 Å². The number of nitrogen functional groups attached to an aromatic ring is 2. The number of benzene rings is 1. The molecule has 1 fully saturated rings. The van der Waals surface area contributed by atoms with Gasteiger partial charge in [0.05, 0.1) is 11.4 Å². The lowest BCUT2D eigenvalue weighted by Gasteiger charge is -2.26. The molecule has 64 valence electrons. The Hall–Kier alpha value is -1.18. The summed E-state index contributed by atoms with van der Waals surface area (Å²) in [5.74, 6) is 0.743. The molecule has 12 heavy (non-hydrogen) atoms. The Kier molecular flexibility index (Phi) is 1.68. The molecule has 0 spiro atoms. The fourth-order valence-corrected chi connectivity index (χ4v) is 1.59. The molecule has 0 bridgehead atoms. The summed E-state index contributed by atoms with van der Waals surface area (Å²) in [6.07, 6.45) is 3.97. The SMILES string of the molecule is Nc1ccc(C2CCC2)cc1N. The first kappa shape index (κ1) is 7.47. The molecular formula is C10H14N2. The molecule has 1 saturated carbocycles. The zero-order chi connectivity index (χ0) is 8.55. The summed E-state index contributed by atoms with van der Waals surface area (Å²) < 4.78 is 0. The van der Waals surface area contributed by atoms with Crippen LogP contribution in [0.1, 0.15) is 30.7 Å². The molecule has 2 heteroatoms. The molecule has 2 rings (SSSR count). The zero-order valence-corrected chi connectivity index (χ0v) is 7.09. The van der Waals surface area contributed by atoms with Crippen molar-refractivity contribution in [2.75, 3.05) is 11.5 Å². The largest absolute Gasteiger partial charge is 0.397 e. The average Bonchev–Trinajstić information content (AvgIpc) is 1.93. The molecule has 1 aromatic carbocycles.